The third kappa shape index (κ3) is 7.13. The highest BCUT2D eigenvalue weighted by Crippen LogP contribution is 2.28. The maximum Gasteiger partial charge on any atom is 0.254 e. The van der Waals surface area contributed by atoms with Crippen molar-refractivity contribution in [2.24, 2.45) is 0 Å². The number of amides is 2. The first-order valence-electron chi connectivity index (χ1n) is 11.9. The second kappa shape index (κ2) is 13.2. The van der Waals surface area contributed by atoms with Gasteiger partial charge in [0.1, 0.15) is 12.3 Å². The van der Waals surface area contributed by atoms with E-state index in [-0.39, 0.29) is 24.4 Å². The number of halogens is 1. The van der Waals surface area contributed by atoms with Crippen LogP contribution in [0.25, 0.3) is 0 Å². The summed E-state index contributed by atoms with van der Waals surface area (Å²) in [5, 5.41) is 0. The molecule has 7 nitrogen and oxygen atoms in total. The number of carbonyl (C=O) groups excluding carboxylic acids is 2. The lowest BCUT2D eigenvalue weighted by molar-refractivity contribution is -0.133. The normalized spacial score (nSPS) is 11.6. The minimum atomic E-state index is -0.170. The van der Waals surface area contributed by atoms with Crippen LogP contribution in [0.5, 0.6) is 11.5 Å². The summed E-state index contributed by atoms with van der Waals surface area (Å²) in [6.07, 6.45) is 2.93. The molecule has 3 rings (SSSR count). The fraction of sp³-hybridized carbons (Fsp3) is 0.357. The third-order valence-corrected chi connectivity index (χ3v) is 6.65. The largest absolute Gasteiger partial charge is 0.493 e. The molecule has 0 saturated carbocycles. The van der Waals surface area contributed by atoms with E-state index in [9.17, 15) is 9.59 Å². The lowest BCUT2D eigenvalue weighted by Crippen LogP contribution is -2.46. The highest BCUT2D eigenvalue weighted by Gasteiger charge is 2.26. The second-order valence-electron chi connectivity index (χ2n) is 8.53. The number of rotatable bonds is 12. The van der Waals surface area contributed by atoms with E-state index in [0.717, 1.165) is 16.5 Å². The molecule has 0 bridgehead atoms. The third-order valence-electron chi connectivity index (χ3n) is 6.16. The van der Waals surface area contributed by atoms with E-state index in [1.54, 1.807) is 48.5 Å². The number of nitrogens with zero attached hydrogens (tertiary/aromatic N) is 2. The van der Waals surface area contributed by atoms with E-state index < -0.39 is 0 Å². The van der Waals surface area contributed by atoms with Crippen LogP contribution >= 0.6 is 15.9 Å². The molecule has 1 unspecified atom stereocenters. The molecular weight excluding hydrogens is 524 g/mol. The maximum absolute atomic E-state index is 13.6. The smallest absolute Gasteiger partial charge is 0.254 e. The summed E-state index contributed by atoms with van der Waals surface area (Å²) < 4.78 is 17.1. The molecule has 1 heterocycles. The molecular formula is C28H33BrN2O5. The van der Waals surface area contributed by atoms with E-state index in [2.05, 4.69) is 15.9 Å². The van der Waals surface area contributed by atoms with Crippen LogP contribution in [0.1, 0.15) is 41.9 Å². The zero-order chi connectivity index (χ0) is 26.1. The first kappa shape index (κ1) is 27.3. The van der Waals surface area contributed by atoms with Crippen molar-refractivity contribution < 1.29 is 23.5 Å². The van der Waals surface area contributed by atoms with Gasteiger partial charge in [0.15, 0.2) is 11.5 Å². The summed E-state index contributed by atoms with van der Waals surface area (Å²) in [5.41, 5.74) is 1.55. The highest BCUT2D eigenvalue weighted by molar-refractivity contribution is 9.10. The molecule has 0 aliphatic rings. The number of furan rings is 1. The first-order valence-corrected chi connectivity index (χ1v) is 12.7. The molecule has 0 N–H and O–H groups in total. The summed E-state index contributed by atoms with van der Waals surface area (Å²) >= 11 is 3.43. The summed E-state index contributed by atoms with van der Waals surface area (Å²) in [6.45, 7) is 4.72. The highest BCUT2D eigenvalue weighted by atomic mass is 79.9. The van der Waals surface area contributed by atoms with Gasteiger partial charge in [-0.15, -0.1) is 0 Å². The van der Waals surface area contributed by atoms with Crippen molar-refractivity contribution in [1.82, 2.24) is 9.80 Å². The van der Waals surface area contributed by atoms with Crippen LogP contribution in [0.2, 0.25) is 0 Å². The quantitative estimate of drug-likeness (QED) is 0.291. The zero-order valence-electron chi connectivity index (χ0n) is 21.2. The molecule has 2 aromatic carbocycles. The predicted molar refractivity (Wildman–Crippen MR) is 142 cm³/mol. The Morgan fingerprint density at radius 3 is 2.44 bits per heavy atom. The van der Waals surface area contributed by atoms with E-state index in [1.807, 2.05) is 50.2 Å². The van der Waals surface area contributed by atoms with Crippen LogP contribution in [0.15, 0.2) is 69.8 Å². The molecule has 0 fully saturated rings. The molecule has 0 aliphatic heterocycles. The average Bonchev–Trinajstić information content (AvgIpc) is 3.41. The molecule has 8 heteroatoms. The molecule has 1 aromatic heterocycles. The van der Waals surface area contributed by atoms with Gasteiger partial charge in [-0.25, -0.2) is 0 Å². The Bertz CT molecular complexity index is 1150. The van der Waals surface area contributed by atoms with Gasteiger partial charge in [-0.05, 0) is 67.8 Å². The van der Waals surface area contributed by atoms with Crippen LogP contribution in [-0.2, 0) is 17.8 Å². The van der Waals surface area contributed by atoms with Gasteiger partial charge >= 0.3 is 0 Å². The lowest BCUT2D eigenvalue weighted by atomic mass is 10.1. The Kier molecular flexibility index (Phi) is 9.99. The van der Waals surface area contributed by atoms with Crippen molar-refractivity contribution in [3.05, 3.63) is 82.2 Å². The van der Waals surface area contributed by atoms with Crippen LogP contribution in [0.3, 0.4) is 0 Å². The summed E-state index contributed by atoms with van der Waals surface area (Å²) in [5.74, 6) is 1.66. The number of hydrogen-bond donors (Lipinski definition) is 0. The summed E-state index contributed by atoms with van der Waals surface area (Å²) in [7, 11) is 3.19. The van der Waals surface area contributed by atoms with Gasteiger partial charge in [0.05, 0.1) is 27.0 Å². The minimum absolute atomic E-state index is 0.0208. The molecule has 0 aliphatic carbocycles. The average molecular weight is 557 g/mol. The summed E-state index contributed by atoms with van der Waals surface area (Å²) in [4.78, 5) is 30.3. The standard InChI is InChI=1S/C28H33BrN2O5/c1-5-20(2)31(28(33)22-8-6-9-23(29)17-22)19-27(32)30(18-24-10-7-15-36-24)14-13-21-11-12-25(34-3)26(16-21)35-4/h6-12,15-17,20H,5,13-14,18-19H2,1-4H3. The molecule has 2 amide bonds. The second-order valence-corrected chi connectivity index (χ2v) is 9.45. The molecule has 36 heavy (non-hydrogen) atoms. The topological polar surface area (TPSA) is 72.2 Å². The summed E-state index contributed by atoms with van der Waals surface area (Å²) in [6, 6.07) is 16.5. The Hall–Kier alpha value is -3.26. The molecule has 192 valence electrons. The van der Waals surface area contributed by atoms with Crippen LogP contribution in [-0.4, -0.2) is 55.0 Å². The van der Waals surface area contributed by atoms with E-state index in [1.165, 1.54) is 0 Å². The van der Waals surface area contributed by atoms with Gasteiger partial charge < -0.3 is 23.7 Å². The number of hydrogen-bond acceptors (Lipinski definition) is 5. The first-order chi connectivity index (χ1) is 17.4. The molecule has 0 saturated heterocycles. The Labute approximate surface area is 221 Å². The molecule has 0 radical (unpaired) electrons. The van der Waals surface area contributed by atoms with Crippen molar-refractivity contribution >= 4 is 27.7 Å². The van der Waals surface area contributed by atoms with Crippen molar-refractivity contribution in [1.29, 1.82) is 0 Å². The molecule has 1 atom stereocenters. The van der Waals surface area contributed by atoms with Crippen molar-refractivity contribution in [2.45, 2.75) is 39.3 Å². The van der Waals surface area contributed by atoms with E-state index >= 15 is 0 Å². The lowest BCUT2D eigenvalue weighted by Gasteiger charge is -2.31. The number of ether oxygens (including phenoxy) is 2. The Morgan fingerprint density at radius 1 is 1.03 bits per heavy atom. The predicted octanol–water partition coefficient (Wildman–Crippen LogP) is 5.57. The monoisotopic (exact) mass is 556 g/mol. The van der Waals surface area contributed by atoms with Gasteiger partial charge in [0, 0.05) is 22.6 Å². The Balaban J connectivity index is 1.80. The van der Waals surface area contributed by atoms with E-state index in [4.69, 9.17) is 13.9 Å². The zero-order valence-corrected chi connectivity index (χ0v) is 22.8. The number of benzene rings is 2. The van der Waals surface area contributed by atoms with Gasteiger partial charge in [-0.2, -0.15) is 0 Å². The molecule has 0 spiro atoms. The van der Waals surface area contributed by atoms with Gasteiger partial charge in [0.2, 0.25) is 5.91 Å². The van der Waals surface area contributed by atoms with Crippen molar-refractivity contribution in [3.8, 4) is 11.5 Å². The van der Waals surface area contributed by atoms with Gasteiger partial charge in [-0.1, -0.05) is 35.0 Å². The SMILES string of the molecule is CCC(C)N(CC(=O)N(CCc1ccc(OC)c(OC)c1)Cc1ccco1)C(=O)c1cccc(Br)c1. The van der Waals surface area contributed by atoms with Crippen LogP contribution in [0.4, 0.5) is 0 Å². The molecule has 3 aromatic rings. The van der Waals surface area contributed by atoms with Crippen LogP contribution in [0, 0.1) is 0 Å². The van der Waals surface area contributed by atoms with Gasteiger partial charge in [0.25, 0.3) is 5.91 Å². The Morgan fingerprint density at radius 2 is 1.81 bits per heavy atom. The fourth-order valence-electron chi connectivity index (χ4n) is 3.86. The minimum Gasteiger partial charge on any atom is -0.493 e. The van der Waals surface area contributed by atoms with Gasteiger partial charge in [-0.3, -0.25) is 9.59 Å². The van der Waals surface area contributed by atoms with Crippen molar-refractivity contribution in [2.75, 3.05) is 27.3 Å². The van der Waals surface area contributed by atoms with E-state index in [0.29, 0.717) is 42.3 Å². The maximum atomic E-state index is 13.6. The fourth-order valence-corrected chi connectivity index (χ4v) is 4.26. The van der Waals surface area contributed by atoms with Crippen molar-refractivity contribution in [3.63, 3.8) is 0 Å². The number of methoxy groups -OCH3 is 2. The van der Waals surface area contributed by atoms with Crippen LogP contribution < -0.4 is 9.47 Å². The number of carbonyl (C=O) groups is 2.